The van der Waals surface area contributed by atoms with E-state index < -0.39 is 0 Å². The Hall–Kier alpha value is -1.98. The summed E-state index contributed by atoms with van der Waals surface area (Å²) in [7, 11) is 0. The van der Waals surface area contributed by atoms with Crippen LogP contribution >= 0.6 is 0 Å². The lowest BCUT2D eigenvalue weighted by Gasteiger charge is -2.31. The van der Waals surface area contributed by atoms with Crippen LogP contribution in [0.2, 0.25) is 0 Å². The Labute approximate surface area is 130 Å². The lowest BCUT2D eigenvalue weighted by Crippen LogP contribution is -2.44. The Morgan fingerprint density at radius 3 is 3.05 bits per heavy atom. The first-order valence-corrected chi connectivity index (χ1v) is 8.00. The van der Waals surface area contributed by atoms with Crippen molar-refractivity contribution in [3.8, 4) is 0 Å². The van der Waals surface area contributed by atoms with Crippen LogP contribution in [-0.2, 0) is 29.0 Å². The van der Waals surface area contributed by atoms with Crippen LogP contribution < -0.4 is 5.32 Å². The summed E-state index contributed by atoms with van der Waals surface area (Å²) in [6.07, 6.45) is 6.81. The molecule has 1 aliphatic carbocycles. The van der Waals surface area contributed by atoms with Crippen LogP contribution in [0.3, 0.4) is 0 Å². The van der Waals surface area contributed by atoms with Crippen LogP contribution in [-0.4, -0.2) is 39.8 Å². The third-order valence-electron chi connectivity index (χ3n) is 4.52. The zero-order valence-corrected chi connectivity index (χ0v) is 13.0. The second-order valence-corrected chi connectivity index (χ2v) is 6.13. The van der Waals surface area contributed by atoms with E-state index in [1.54, 1.807) is 11.8 Å². The van der Waals surface area contributed by atoms with Gasteiger partial charge in [0.1, 0.15) is 5.82 Å². The Kier molecular flexibility index (Phi) is 4.36. The van der Waals surface area contributed by atoms with Crippen molar-refractivity contribution in [2.24, 2.45) is 5.92 Å². The fourth-order valence-electron chi connectivity index (χ4n) is 3.23. The van der Waals surface area contributed by atoms with E-state index in [1.807, 2.05) is 6.20 Å². The van der Waals surface area contributed by atoms with Crippen LogP contribution in [0.5, 0.6) is 0 Å². The van der Waals surface area contributed by atoms with Crippen molar-refractivity contribution in [3.05, 3.63) is 23.3 Å². The molecule has 1 aromatic heterocycles. The van der Waals surface area contributed by atoms with Crippen molar-refractivity contribution in [3.63, 3.8) is 0 Å². The molecule has 0 aromatic carbocycles. The van der Waals surface area contributed by atoms with Crippen LogP contribution in [0.1, 0.15) is 43.3 Å². The van der Waals surface area contributed by atoms with Gasteiger partial charge in [0.15, 0.2) is 0 Å². The molecule has 6 nitrogen and oxygen atoms in total. The normalized spacial score (nSPS) is 20.6. The van der Waals surface area contributed by atoms with E-state index in [1.165, 1.54) is 5.56 Å². The molecule has 3 rings (SSSR count). The third-order valence-corrected chi connectivity index (χ3v) is 4.52. The van der Waals surface area contributed by atoms with Gasteiger partial charge in [-0.25, -0.2) is 9.97 Å². The number of carbonyl (C=O) groups excluding carboxylic acids is 2. The Balaban J connectivity index is 1.54. The molecule has 2 amide bonds. The molecule has 1 atom stereocenters. The number of carbonyl (C=O) groups is 2. The van der Waals surface area contributed by atoms with Gasteiger partial charge in [0, 0.05) is 31.9 Å². The molecular weight excluding hydrogens is 280 g/mol. The average molecular weight is 302 g/mol. The number of aromatic nitrogens is 2. The molecule has 1 unspecified atom stereocenters. The average Bonchev–Trinajstić information content (AvgIpc) is 3.00. The molecule has 1 fully saturated rings. The molecule has 118 valence electrons. The summed E-state index contributed by atoms with van der Waals surface area (Å²) in [5.74, 6) is 0.592. The van der Waals surface area contributed by atoms with Gasteiger partial charge in [-0.15, -0.1) is 0 Å². The fraction of sp³-hybridized carbons (Fsp3) is 0.625. The number of amides is 2. The highest BCUT2D eigenvalue weighted by Crippen LogP contribution is 2.19. The molecule has 6 heteroatoms. The molecule has 2 heterocycles. The highest BCUT2D eigenvalue weighted by molar-refractivity contribution is 5.80. The first kappa shape index (κ1) is 14.9. The van der Waals surface area contributed by atoms with Crippen molar-refractivity contribution in [1.29, 1.82) is 0 Å². The minimum absolute atomic E-state index is 0.00458. The SMILES string of the molecule is CC(=O)N1CCCC(C(=O)NCc2ncc3c(n2)CCC3)C1. The molecule has 2 aliphatic rings. The number of nitrogens with one attached hydrogen (secondary N) is 1. The largest absolute Gasteiger partial charge is 0.349 e. The molecule has 0 saturated carbocycles. The summed E-state index contributed by atoms with van der Waals surface area (Å²) in [5.41, 5.74) is 2.36. The number of hydrogen-bond donors (Lipinski definition) is 1. The summed E-state index contributed by atoms with van der Waals surface area (Å²) >= 11 is 0. The molecule has 1 aliphatic heterocycles. The van der Waals surface area contributed by atoms with Gasteiger partial charge in [0.2, 0.25) is 11.8 Å². The first-order chi connectivity index (χ1) is 10.6. The van der Waals surface area contributed by atoms with Crippen molar-refractivity contribution >= 4 is 11.8 Å². The Morgan fingerprint density at radius 1 is 1.36 bits per heavy atom. The van der Waals surface area contributed by atoms with Gasteiger partial charge in [-0.1, -0.05) is 0 Å². The minimum atomic E-state index is -0.118. The van der Waals surface area contributed by atoms with E-state index in [2.05, 4.69) is 15.3 Å². The molecule has 22 heavy (non-hydrogen) atoms. The number of nitrogens with zero attached hydrogens (tertiary/aromatic N) is 3. The van der Waals surface area contributed by atoms with Crippen molar-refractivity contribution < 1.29 is 9.59 Å². The fourth-order valence-corrected chi connectivity index (χ4v) is 3.23. The van der Waals surface area contributed by atoms with Crippen molar-refractivity contribution in [2.75, 3.05) is 13.1 Å². The quantitative estimate of drug-likeness (QED) is 0.898. The number of piperidine rings is 1. The lowest BCUT2D eigenvalue weighted by molar-refractivity contribution is -0.134. The zero-order valence-electron chi connectivity index (χ0n) is 13.0. The summed E-state index contributed by atoms with van der Waals surface area (Å²) in [6, 6.07) is 0. The summed E-state index contributed by atoms with van der Waals surface area (Å²) in [6.45, 7) is 3.20. The predicted molar refractivity (Wildman–Crippen MR) is 80.9 cm³/mol. The van der Waals surface area contributed by atoms with Gasteiger partial charge in [0.05, 0.1) is 12.5 Å². The van der Waals surface area contributed by atoms with Gasteiger partial charge >= 0.3 is 0 Å². The zero-order chi connectivity index (χ0) is 15.5. The maximum Gasteiger partial charge on any atom is 0.225 e. The maximum atomic E-state index is 12.3. The van der Waals surface area contributed by atoms with E-state index in [-0.39, 0.29) is 17.7 Å². The molecule has 1 saturated heterocycles. The van der Waals surface area contributed by atoms with E-state index in [0.717, 1.165) is 44.3 Å². The maximum absolute atomic E-state index is 12.3. The smallest absolute Gasteiger partial charge is 0.225 e. The second kappa shape index (κ2) is 6.42. The van der Waals surface area contributed by atoms with Crippen LogP contribution in [0, 0.1) is 5.92 Å². The summed E-state index contributed by atoms with van der Waals surface area (Å²) < 4.78 is 0. The number of aryl methyl sites for hydroxylation is 2. The predicted octanol–water partition coefficient (Wildman–Crippen LogP) is 0.840. The second-order valence-electron chi connectivity index (χ2n) is 6.13. The van der Waals surface area contributed by atoms with Gasteiger partial charge in [0.25, 0.3) is 0 Å². The van der Waals surface area contributed by atoms with Crippen LogP contribution in [0.4, 0.5) is 0 Å². The first-order valence-electron chi connectivity index (χ1n) is 8.00. The number of hydrogen-bond acceptors (Lipinski definition) is 4. The van der Waals surface area contributed by atoms with E-state index in [4.69, 9.17) is 0 Å². The lowest BCUT2D eigenvalue weighted by atomic mass is 9.97. The molecule has 0 bridgehead atoms. The molecule has 1 N–H and O–H groups in total. The number of fused-ring (bicyclic) bond motifs is 1. The van der Waals surface area contributed by atoms with Gasteiger partial charge in [-0.2, -0.15) is 0 Å². The summed E-state index contributed by atoms with van der Waals surface area (Å²) in [4.78, 5) is 34.3. The standard InChI is InChI=1S/C16H22N4O2/c1-11(21)20-7-3-5-13(10-20)16(22)18-9-15-17-8-12-4-2-6-14(12)19-15/h8,13H,2-7,9-10H2,1H3,(H,18,22). The van der Waals surface area contributed by atoms with Crippen LogP contribution in [0.15, 0.2) is 6.20 Å². The minimum Gasteiger partial charge on any atom is -0.349 e. The Morgan fingerprint density at radius 2 is 2.23 bits per heavy atom. The number of rotatable bonds is 3. The summed E-state index contributed by atoms with van der Waals surface area (Å²) in [5, 5.41) is 2.92. The highest BCUT2D eigenvalue weighted by atomic mass is 16.2. The topological polar surface area (TPSA) is 75.2 Å². The van der Waals surface area contributed by atoms with Crippen molar-refractivity contribution in [2.45, 2.75) is 45.6 Å². The molecule has 0 radical (unpaired) electrons. The van der Waals surface area contributed by atoms with E-state index >= 15 is 0 Å². The molecule has 1 aromatic rings. The van der Waals surface area contributed by atoms with Gasteiger partial charge in [-0.3, -0.25) is 9.59 Å². The van der Waals surface area contributed by atoms with Gasteiger partial charge in [-0.05, 0) is 37.7 Å². The van der Waals surface area contributed by atoms with Crippen molar-refractivity contribution in [1.82, 2.24) is 20.2 Å². The third kappa shape index (κ3) is 3.26. The van der Waals surface area contributed by atoms with Gasteiger partial charge < -0.3 is 10.2 Å². The van der Waals surface area contributed by atoms with E-state index in [0.29, 0.717) is 18.9 Å². The Bertz CT molecular complexity index is 588. The highest BCUT2D eigenvalue weighted by Gasteiger charge is 2.27. The molecular formula is C16H22N4O2. The molecule has 0 spiro atoms. The monoisotopic (exact) mass is 302 g/mol. The van der Waals surface area contributed by atoms with E-state index in [9.17, 15) is 9.59 Å². The number of likely N-dealkylation sites (tertiary alicyclic amines) is 1. The van der Waals surface area contributed by atoms with Crippen LogP contribution in [0.25, 0.3) is 0 Å².